The molecule has 0 amide bonds. The van der Waals surface area contributed by atoms with Crippen LogP contribution < -0.4 is 11.1 Å². The third-order valence-corrected chi connectivity index (χ3v) is 2.62. The van der Waals surface area contributed by atoms with Crippen molar-refractivity contribution in [1.82, 2.24) is 0 Å². The van der Waals surface area contributed by atoms with Crippen molar-refractivity contribution >= 4 is 11.4 Å². The molecule has 70 valence electrons. The van der Waals surface area contributed by atoms with Crippen LogP contribution in [0, 0.1) is 0 Å². The highest BCUT2D eigenvalue weighted by Crippen LogP contribution is 2.31. The van der Waals surface area contributed by atoms with Gasteiger partial charge in [-0.1, -0.05) is 0 Å². The van der Waals surface area contributed by atoms with Crippen molar-refractivity contribution in [3.8, 4) is 0 Å². The summed E-state index contributed by atoms with van der Waals surface area (Å²) >= 11 is 0. The van der Waals surface area contributed by atoms with Gasteiger partial charge in [-0.05, 0) is 50.5 Å². The lowest BCUT2D eigenvalue weighted by atomic mass is 9.89. The summed E-state index contributed by atoms with van der Waals surface area (Å²) in [6.45, 7) is 4.46. The molecule has 2 heteroatoms. The molecule has 1 aliphatic heterocycles. The molecule has 0 aromatic heterocycles. The maximum atomic E-state index is 5.72. The maximum Gasteiger partial charge on any atom is 0.0378 e. The van der Waals surface area contributed by atoms with E-state index in [1.165, 1.54) is 17.7 Å². The second-order valence-corrected chi connectivity index (χ2v) is 4.43. The van der Waals surface area contributed by atoms with E-state index in [4.69, 9.17) is 5.73 Å². The van der Waals surface area contributed by atoms with Gasteiger partial charge >= 0.3 is 0 Å². The molecule has 0 atom stereocenters. The molecule has 1 heterocycles. The molecule has 0 unspecified atom stereocenters. The molecule has 2 nitrogen and oxygen atoms in total. The standard InChI is InChI=1S/C11H16N2/c1-11(2)6-5-8-7-9(12)3-4-10(8)13-11/h3-4,7,13H,5-6,12H2,1-2H3. The van der Waals surface area contributed by atoms with Crippen LogP contribution in [0.5, 0.6) is 0 Å². The van der Waals surface area contributed by atoms with Crippen LogP contribution >= 0.6 is 0 Å². The van der Waals surface area contributed by atoms with Gasteiger partial charge in [0.05, 0.1) is 0 Å². The molecule has 1 aromatic carbocycles. The second-order valence-electron chi connectivity index (χ2n) is 4.43. The van der Waals surface area contributed by atoms with Crippen LogP contribution in [-0.4, -0.2) is 5.54 Å². The Bertz CT molecular complexity index is 329. The highest BCUT2D eigenvalue weighted by Gasteiger charge is 2.23. The number of hydrogen-bond acceptors (Lipinski definition) is 2. The molecule has 2 rings (SSSR count). The van der Waals surface area contributed by atoms with Crippen molar-refractivity contribution in [3.63, 3.8) is 0 Å². The van der Waals surface area contributed by atoms with Crippen LogP contribution in [-0.2, 0) is 6.42 Å². The summed E-state index contributed by atoms with van der Waals surface area (Å²) in [5, 5.41) is 3.51. The molecule has 0 aliphatic carbocycles. The smallest absolute Gasteiger partial charge is 0.0378 e. The van der Waals surface area contributed by atoms with Crippen LogP contribution in [0.15, 0.2) is 18.2 Å². The molecule has 0 saturated heterocycles. The normalized spacial score (nSPS) is 18.9. The second kappa shape index (κ2) is 2.66. The molecular weight excluding hydrogens is 160 g/mol. The molecule has 0 saturated carbocycles. The number of fused-ring (bicyclic) bond motifs is 1. The Kier molecular flexibility index (Phi) is 1.72. The minimum Gasteiger partial charge on any atom is -0.399 e. The van der Waals surface area contributed by atoms with Gasteiger partial charge in [0.2, 0.25) is 0 Å². The summed E-state index contributed by atoms with van der Waals surface area (Å²) in [5.41, 5.74) is 9.40. The Labute approximate surface area is 79.1 Å². The molecule has 0 bridgehead atoms. The number of aryl methyl sites for hydroxylation is 1. The number of benzene rings is 1. The summed E-state index contributed by atoms with van der Waals surface area (Å²) in [6, 6.07) is 6.09. The van der Waals surface area contributed by atoms with E-state index in [9.17, 15) is 0 Å². The van der Waals surface area contributed by atoms with Crippen LogP contribution in [0.4, 0.5) is 11.4 Å². The van der Waals surface area contributed by atoms with Crippen LogP contribution in [0.25, 0.3) is 0 Å². The predicted molar refractivity (Wildman–Crippen MR) is 56.9 cm³/mol. The third kappa shape index (κ3) is 1.62. The van der Waals surface area contributed by atoms with E-state index in [0.29, 0.717) is 0 Å². The molecule has 0 radical (unpaired) electrons. The highest BCUT2D eigenvalue weighted by atomic mass is 15.0. The zero-order valence-electron chi connectivity index (χ0n) is 8.22. The van der Waals surface area contributed by atoms with E-state index < -0.39 is 0 Å². The van der Waals surface area contributed by atoms with E-state index in [2.05, 4.69) is 31.3 Å². The van der Waals surface area contributed by atoms with Crippen molar-refractivity contribution in [2.24, 2.45) is 0 Å². The van der Waals surface area contributed by atoms with Crippen molar-refractivity contribution in [2.45, 2.75) is 32.2 Å². The van der Waals surface area contributed by atoms with E-state index in [1.807, 2.05) is 6.07 Å². The minimum atomic E-state index is 0.225. The Morgan fingerprint density at radius 2 is 2.15 bits per heavy atom. The number of nitrogens with one attached hydrogen (secondary N) is 1. The topological polar surface area (TPSA) is 38.0 Å². The van der Waals surface area contributed by atoms with Gasteiger partial charge in [-0.3, -0.25) is 0 Å². The molecule has 1 aromatic rings. The zero-order chi connectivity index (χ0) is 9.47. The summed E-state index contributed by atoms with van der Waals surface area (Å²) < 4.78 is 0. The maximum absolute atomic E-state index is 5.72. The van der Waals surface area contributed by atoms with E-state index in [0.717, 1.165) is 12.1 Å². The highest BCUT2D eigenvalue weighted by molar-refractivity contribution is 5.60. The zero-order valence-corrected chi connectivity index (χ0v) is 8.22. The van der Waals surface area contributed by atoms with Crippen LogP contribution in [0.1, 0.15) is 25.8 Å². The fourth-order valence-corrected chi connectivity index (χ4v) is 1.82. The van der Waals surface area contributed by atoms with Crippen molar-refractivity contribution in [2.75, 3.05) is 11.1 Å². The lowest BCUT2D eigenvalue weighted by molar-refractivity contribution is 0.502. The first-order chi connectivity index (χ1) is 6.07. The van der Waals surface area contributed by atoms with E-state index >= 15 is 0 Å². The Hall–Kier alpha value is -1.18. The monoisotopic (exact) mass is 176 g/mol. The number of nitrogen functional groups attached to an aromatic ring is 1. The van der Waals surface area contributed by atoms with Gasteiger partial charge in [-0.2, -0.15) is 0 Å². The van der Waals surface area contributed by atoms with Crippen molar-refractivity contribution in [1.29, 1.82) is 0 Å². The van der Waals surface area contributed by atoms with Crippen molar-refractivity contribution in [3.05, 3.63) is 23.8 Å². The van der Waals surface area contributed by atoms with Crippen LogP contribution in [0.2, 0.25) is 0 Å². The van der Waals surface area contributed by atoms with Gasteiger partial charge in [0.25, 0.3) is 0 Å². The average molecular weight is 176 g/mol. The average Bonchev–Trinajstić information content (AvgIpc) is 2.05. The lowest BCUT2D eigenvalue weighted by Gasteiger charge is -2.33. The third-order valence-electron chi connectivity index (χ3n) is 2.62. The molecule has 1 aliphatic rings. The predicted octanol–water partition coefficient (Wildman–Crippen LogP) is 2.41. The molecular formula is C11H16N2. The fourth-order valence-electron chi connectivity index (χ4n) is 1.82. The molecule has 13 heavy (non-hydrogen) atoms. The molecule has 3 N–H and O–H groups in total. The first kappa shape index (κ1) is 8.42. The van der Waals surface area contributed by atoms with Gasteiger partial charge in [-0.25, -0.2) is 0 Å². The number of hydrogen-bond donors (Lipinski definition) is 2. The molecule has 0 spiro atoms. The number of rotatable bonds is 0. The van der Waals surface area contributed by atoms with Gasteiger partial charge in [0.1, 0.15) is 0 Å². The SMILES string of the molecule is CC1(C)CCc2cc(N)ccc2N1. The largest absolute Gasteiger partial charge is 0.399 e. The number of anilines is 2. The fraction of sp³-hybridized carbons (Fsp3) is 0.455. The Morgan fingerprint density at radius 3 is 2.92 bits per heavy atom. The summed E-state index contributed by atoms with van der Waals surface area (Å²) in [5.74, 6) is 0. The summed E-state index contributed by atoms with van der Waals surface area (Å²) in [7, 11) is 0. The Balaban J connectivity index is 2.37. The summed E-state index contributed by atoms with van der Waals surface area (Å²) in [6.07, 6.45) is 2.30. The van der Waals surface area contributed by atoms with Gasteiger partial charge in [-0.15, -0.1) is 0 Å². The van der Waals surface area contributed by atoms with Crippen LogP contribution in [0.3, 0.4) is 0 Å². The summed E-state index contributed by atoms with van der Waals surface area (Å²) in [4.78, 5) is 0. The number of nitrogens with two attached hydrogens (primary N) is 1. The van der Waals surface area contributed by atoms with Gasteiger partial charge < -0.3 is 11.1 Å². The lowest BCUT2D eigenvalue weighted by Crippen LogP contribution is -2.35. The van der Waals surface area contributed by atoms with E-state index in [1.54, 1.807) is 0 Å². The minimum absolute atomic E-state index is 0.225. The quantitative estimate of drug-likeness (QED) is 0.596. The molecule has 0 fully saturated rings. The Morgan fingerprint density at radius 1 is 1.38 bits per heavy atom. The van der Waals surface area contributed by atoms with Gasteiger partial charge in [0, 0.05) is 16.9 Å². The van der Waals surface area contributed by atoms with Gasteiger partial charge in [0.15, 0.2) is 0 Å². The first-order valence-corrected chi connectivity index (χ1v) is 4.73. The van der Waals surface area contributed by atoms with Crippen molar-refractivity contribution < 1.29 is 0 Å². The first-order valence-electron chi connectivity index (χ1n) is 4.73. The van der Waals surface area contributed by atoms with E-state index in [-0.39, 0.29) is 5.54 Å².